The minimum Gasteiger partial charge on any atom is -0.497 e. The summed E-state index contributed by atoms with van der Waals surface area (Å²) < 4.78 is 12.0. The predicted octanol–water partition coefficient (Wildman–Crippen LogP) is 1.63. The van der Waals surface area contributed by atoms with E-state index in [1.54, 1.807) is 44.8 Å². The molecular formula is C16H17N5O3. The number of methoxy groups -OCH3 is 2. The maximum atomic E-state index is 12.4. The minimum absolute atomic E-state index is 0.0578. The van der Waals surface area contributed by atoms with Crippen LogP contribution < -0.4 is 14.8 Å². The normalized spacial score (nSPS) is 12.0. The zero-order chi connectivity index (χ0) is 17.1. The lowest BCUT2D eigenvalue weighted by atomic mass is 10.1. The first-order valence-electron chi connectivity index (χ1n) is 7.32. The average Bonchev–Trinajstić information content (AvgIpc) is 3.05. The van der Waals surface area contributed by atoms with Crippen LogP contribution in [0.1, 0.15) is 29.1 Å². The summed E-state index contributed by atoms with van der Waals surface area (Å²) in [5.41, 5.74) is 0.798. The Bertz CT molecular complexity index is 844. The molecule has 1 unspecified atom stereocenters. The van der Waals surface area contributed by atoms with Crippen LogP contribution in [0.2, 0.25) is 0 Å². The number of carbonyl (C=O) groups excluding carboxylic acids is 1. The van der Waals surface area contributed by atoms with Crippen LogP contribution in [0.5, 0.6) is 11.5 Å². The topological polar surface area (TPSA) is 90.6 Å². The number of rotatable bonds is 5. The van der Waals surface area contributed by atoms with Crippen molar-refractivity contribution in [1.29, 1.82) is 0 Å². The van der Waals surface area contributed by atoms with Crippen LogP contribution in [0.15, 0.2) is 36.7 Å². The Morgan fingerprint density at radius 1 is 1.29 bits per heavy atom. The van der Waals surface area contributed by atoms with Gasteiger partial charge in [0.2, 0.25) is 5.82 Å². The van der Waals surface area contributed by atoms with Crippen LogP contribution in [0.4, 0.5) is 0 Å². The zero-order valence-corrected chi connectivity index (χ0v) is 13.6. The van der Waals surface area contributed by atoms with Gasteiger partial charge in [-0.25, -0.2) is 9.50 Å². The van der Waals surface area contributed by atoms with Crippen LogP contribution in [0.25, 0.3) is 5.78 Å². The van der Waals surface area contributed by atoms with Crippen molar-refractivity contribution in [2.45, 2.75) is 13.0 Å². The summed E-state index contributed by atoms with van der Waals surface area (Å²) in [6.07, 6.45) is 3.27. The van der Waals surface area contributed by atoms with Crippen LogP contribution in [-0.4, -0.2) is 39.7 Å². The van der Waals surface area contributed by atoms with Gasteiger partial charge in [0.25, 0.3) is 11.7 Å². The van der Waals surface area contributed by atoms with E-state index in [0.29, 0.717) is 17.3 Å². The summed E-state index contributed by atoms with van der Waals surface area (Å²) >= 11 is 0. The van der Waals surface area contributed by atoms with E-state index in [9.17, 15) is 4.79 Å². The number of nitrogens with one attached hydrogen (secondary N) is 1. The Morgan fingerprint density at radius 2 is 2.12 bits per heavy atom. The minimum atomic E-state index is -0.391. The van der Waals surface area contributed by atoms with E-state index in [2.05, 4.69) is 20.4 Å². The lowest BCUT2D eigenvalue weighted by Gasteiger charge is -2.17. The predicted molar refractivity (Wildman–Crippen MR) is 86.2 cm³/mol. The summed E-state index contributed by atoms with van der Waals surface area (Å²) in [4.78, 5) is 20.6. The fourth-order valence-corrected chi connectivity index (χ4v) is 2.35. The number of hydrogen-bond acceptors (Lipinski definition) is 6. The molecule has 2 aromatic heterocycles. The van der Waals surface area contributed by atoms with Crippen molar-refractivity contribution in [3.8, 4) is 11.5 Å². The molecule has 24 heavy (non-hydrogen) atoms. The van der Waals surface area contributed by atoms with Gasteiger partial charge in [-0.2, -0.15) is 4.98 Å². The molecule has 0 saturated carbocycles. The SMILES string of the molecule is COc1ccc(OC)c(C(C)NC(=O)c2nc3ncccn3n2)c1. The van der Waals surface area contributed by atoms with Gasteiger partial charge in [-0.15, -0.1) is 5.10 Å². The first-order chi connectivity index (χ1) is 11.6. The van der Waals surface area contributed by atoms with E-state index < -0.39 is 5.91 Å². The van der Waals surface area contributed by atoms with E-state index in [-0.39, 0.29) is 11.9 Å². The van der Waals surface area contributed by atoms with Crippen LogP contribution in [0, 0.1) is 0 Å². The second-order valence-corrected chi connectivity index (χ2v) is 5.10. The largest absolute Gasteiger partial charge is 0.497 e. The van der Waals surface area contributed by atoms with Crippen LogP contribution in [0.3, 0.4) is 0 Å². The third kappa shape index (κ3) is 2.98. The quantitative estimate of drug-likeness (QED) is 0.766. The van der Waals surface area contributed by atoms with E-state index in [1.807, 2.05) is 13.0 Å². The lowest BCUT2D eigenvalue weighted by Crippen LogP contribution is -2.28. The second kappa shape index (κ2) is 6.53. The summed E-state index contributed by atoms with van der Waals surface area (Å²) in [5, 5.41) is 6.97. The molecule has 8 nitrogen and oxygen atoms in total. The molecule has 0 radical (unpaired) electrons. The summed E-state index contributed by atoms with van der Waals surface area (Å²) in [6.45, 7) is 1.85. The number of ether oxygens (including phenoxy) is 2. The standard InChI is InChI=1S/C16H17N5O3/c1-10(12-9-11(23-2)5-6-13(12)24-3)18-15(22)14-19-16-17-7-4-8-21(16)20-14/h4-10H,1-3H3,(H,18,22). The molecule has 0 bridgehead atoms. The molecule has 2 heterocycles. The maximum Gasteiger partial charge on any atom is 0.291 e. The zero-order valence-electron chi connectivity index (χ0n) is 13.6. The molecule has 0 spiro atoms. The molecule has 1 aromatic carbocycles. The highest BCUT2D eigenvalue weighted by molar-refractivity contribution is 5.91. The van der Waals surface area contributed by atoms with Crippen molar-refractivity contribution in [1.82, 2.24) is 24.9 Å². The van der Waals surface area contributed by atoms with E-state index in [0.717, 1.165) is 5.56 Å². The van der Waals surface area contributed by atoms with Crippen molar-refractivity contribution < 1.29 is 14.3 Å². The maximum absolute atomic E-state index is 12.4. The van der Waals surface area contributed by atoms with Gasteiger partial charge in [-0.1, -0.05) is 0 Å². The smallest absolute Gasteiger partial charge is 0.291 e. The Morgan fingerprint density at radius 3 is 2.83 bits per heavy atom. The molecule has 0 aliphatic carbocycles. The van der Waals surface area contributed by atoms with Gasteiger partial charge in [-0.3, -0.25) is 4.79 Å². The Hall–Kier alpha value is -3.16. The highest BCUT2D eigenvalue weighted by atomic mass is 16.5. The fraction of sp³-hybridized carbons (Fsp3) is 0.250. The number of aromatic nitrogens is 4. The van der Waals surface area contributed by atoms with E-state index in [1.165, 1.54) is 4.52 Å². The molecule has 1 amide bonds. The van der Waals surface area contributed by atoms with E-state index in [4.69, 9.17) is 9.47 Å². The second-order valence-electron chi connectivity index (χ2n) is 5.10. The molecule has 0 aliphatic heterocycles. The Kier molecular flexibility index (Phi) is 4.28. The number of benzene rings is 1. The number of amides is 1. The third-order valence-corrected chi connectivity index (χ3v) is 3.57. The average molecular weight is 327 g/mol. The molecule has 3 rings (SSSR count). The molecule has 124 valence electrons. The van der Waals surface area contributed by atoms with Gasteiger partial charge in [0.05, 0.1) is 20.3 Å². The van der Waals surface area contributed by atoms with Gasteiger partial charge in [0.1, 0.15) is 11.5 Å². The first kappa shape index (κ1) is 15.7. The molecule has 1 N–H and O–H groups in total. The van der Waals surface area contributed by atoms with Crippen molar-refractivity contribution in [3.05, 3.63) is 48.0 Å². The van der Waals surface area contributed by atoms with Crippen molar-refractivity contribution in [2.24, 2.45) is 0 Å². The van der Waals surface area contributed by atoms with Crippen LogP contribution in [-0.2, 0) is 0 Å². The highest BCUT2D eigenvalue weighted by Crippen LogP contribution is 2.29. The van der Waals surface area contributed by atoms with Gasteiger partial charge >= 0.3 is 0 Å². The summed E-state index contributed by atoms with van der Waals surface area (Å²) in [5.74, 6) is 1.38. The summed E-state index contributed by atoms with van der Waals surface area (Å²) in [6, 6.07) is 6.81. The molecule has 0 saturated heterocycles. The van der Waals surface area contributed by atoms with Gasteiger partial charge in [0.15, 0.2) is 0 Å². The number of carbonyl (C=O) groups is 1. The highest BCUT2D eigenvalue weighted by Gasteiger charge is 2.19. The summed E-state index contributed by atoms with van der Waals surface area (Å²) in [7, 11) is 3.16. The third-order valence-electron chi connectivity index (χ3n) is 3.57. The lowest BCUT2D eigenvalue weighted by molar-refractivity contribution is 0.0929. The molecule has 1 atom stereocenters. The first-order valence-corrected chi connectivity index (χ1v) is 7.32. The Labute approximate surface area is 138 Å². The molecular weight excluding hydrogens is 310 g/mol. The Balaban J connectivity index is 1.83. The van der Waals surface area contributed by atoms with Gasteiger partial charge < -0.3 is 14.8 Å². The van der Waals surface area contributed by atoms with Crippen molar-refractivity contribution >= 4 is 11.7 Å². The van der Waals surface area contributed by atoms with Gasteiger partial charge in [0, 0.05) is 18.0 Å². The van der Waals surface area contributed by atoms with Crippen LogP contribution >= 0.6 is 0 Å². The van der Waals surface area contributed by atoms with E-state index >= 15 is 0 Å². The van der Waals surface area contributed by atoms with Gasteiger partial charge in [-0.05, 0) is 31.2 Å². The van der Waals surface area contributed by atoms with Crippen molar-refractivity contribution in [2.75, 3.05) is 14.2 Å². The fourth-order valence-electron chi connectivity index (χ4n) is 2.35. The number of nitrogens with zero attached hydrogens (tertiary/aromatic N) is 4. The molecule has 0 fully saturated rings. The molecule has 0 aliphatic rings. The molecule has 3 aromatic rings. The van der Waals surface area contributed by atoms with Crippen molar-refractivity contribution in [3.63, 3.8) is 0 Å². The monoisotopic (exact) mass is 327 g/mol. The number of fused-ring (bicyclic) bond motifs is 1. The number of hydrogen-bond donors (Lipinski definition) is 1. The molecule has 8 heteroatoms.